The first kappa shape index (κ1) is 25.6. The summed E-state index contributed by atoms with van der Waals surface area (Å²) >= 11 is 0. The Kier molecular flexibility index (Phi) is 13.6. The molecule has 1 fully saturated rings. The maximum atomic E-state index is 11.7. The molecule has 7 heteroatoms. The minimum Gasteiger partial charge on any atom is -0.463 e. The van der Waals surface area contributed by atoms with Gasteiger partial charge in [0, 0.05) is 6.42 Å². The molecule has 0 saturated carbocycles. The lowest BCUT2D eigenvalue weighted by atomic mass is 10.0. The van der Waals surface area contributed by atoms with Crippen LogP contribution in [0.2, 0.25) is 0 Å². The zero-order valence-corrected chi connectivity index (χ0v) is 17.8. The van der Waals surface area contributed by atoms with E-state index in [1.165, 1.54) is 64.2 Å². The lowest BCUT2D eigenvalue weighted by Crippen LogP contribution is -2.38. The van der Waals surface area contributed by atoms with Gasteiger partial charge in [0.1, 0.15) is 12.7 Å². The van der Waals surface area contributed by atoms with Gasteiger partial charge in [-0.2, -0.15) is 0 Å². The third-order valence-electron chi connectivity index (χ3n) is 5.27. The fourth-order valence-corrected chi connectivity index (χ4v) is 3.41. The smallest absolute Gasteiger partial charge is 0.343 e. The molecule has 1 aliphatic rings. The number of carbonyl (C=O) groups excluding carboxylic acids is 3. The van der Waals surface area contributed by atoms with E-state index in [-0.39, 0.29) is 6.42 Å². The van der Waals surface area contributed by atoms with Crippen molar-refractivity contribution < 1.29 is 34.1 Å². The highest BCUT2D eigenvalue weighted by atomic mass is 16.6. The second-order valence-corrected chi connectivity index (χ2v) is 7.91. The summed E-state index contributed by atoms with van der Waals surface area (Å²) in [5, 5.41) is 19.0. The lowest BCUT2D eigenvalue weighted by Gasteiger charge is -2.15. The van der Waals surface area contributed by atoms with E-state index in [0.29, 0.717) is 0 Å². The van der Waals surface area contributed by atoms with E-state index in [4.69, 9.17) is 4.74 Å². The molecule has 168 valence electrons. The van der Waals surface area contributed by atoms with E-state index in [9.17, 15) is 24.6 Å². The van der Waals surface area contributed by atoms with Crippen LogP contribution >= 0.6 is 0 Å². The molecule has 1 unspecified atom stereocenters. The minimum absolute atomic E-state index is 0.255. The first-order chi connectivity index (χ1) is 14.0. The quantitative estimate of drug-likeness (QED) is 0.214. The van der Waals surface area contributed by atoms with Crippen molar-refractivity contribution in [1.29, 1.82) is 0 Å². The summed E-state index contributed by atoms with van der Waals surface area (Å²) in [6.45, 7) is 1.80. The highest BCUT2D eigenvalue weighted by molar-refractivity contribution is 6.09. The Hall–Kier alpha value is -1.47. The van der Waals surface area contributed by atoms with Gasteiger partial charge in [-0.15, -0.1) is 0 Å². The highest BCUT2D eigenvalue weighted by Crippen LogP contribution is 2.16. The molecule has 1 heterocycles. The summed E-state index contributed by atoms with van der Waals surface area (Å²) < 4.78 is 9.51. The number of ether oxygens (including phenoxy) is 2. The first-order valence-corrected chi connectivity index (χ1v) is 11.2. The first-order valence-electron chi connectivity index (χ1n) is 11.2. The average Bonchev–Trinajstić information content (AvgIpc) is 2.97. The summed E-state index contributed by atoms with van der Waals surface area (Å²) in [5.41, 5.74) is 0. The van der Waals surface area contributed by atoms with Gasteiger partial charge in [-0.1, -0.05) is 84.0 Å². The van der Waals surface area contributed by atoms with Crippen LogP contribution in [0.4, 0.5) is 0 Å². The number of aliphatic hydroxyl groups excluding tert-OH is 2. The van der Waals surface area contributed by atoms with E-state index in [1.807, 2.05) is 0 Å². The molecule has 0 aliphatic carbocycles. The van der Waals surface area contributed by atoms with Crippen molar-refractivity contribution >= 4 is 17.7 Å². The standard InChI is InChI=1S/C22H38O7/c1-2-3-4-5-6-7-8-9-10-11-12-13-14-15-18(24)28-16-17(23)21-19(25)20(26)22(27)29-21/h17,20-21,23,26H,2-16H2,1H3/t17-,20?,21-/m1/s1. The third-order valence-corrected chi connectivity index (χ3v) is 5.27. The number of cyclic esters (lactones) is 1. The van der Waals surface area contributed by atoms with Crippen LogP contribution in [0.3, 0.4) is 0 Å². The van der Waals surface area contributed by atoms with E-state index >= 15 is 0 Å². The van der Waals surface area contributed by atoms with Gasteiger partial charge in [0.2, 0.25) is 11.9 Å². The number of esters is 2. The predicted molar refractivity (Wildman–Crippen MR) is 108 cm³/mol. The van der Waals surface area contributed by atoms with Gasteiger partial charge in [0.15, 0.2) is 6.10 Å². The van der Waals surface area contributed by atoms with Crippen molar-refractivity contribution in [3.8, 4) is 0 Å². The van der Waals surface area contributed by atoms with Crippen molar-refractivity contribution in [2.24, 2.45) is 0 Å². The highest BCUT2D eigenvalue weighted by Gasteiger charge is 2.46. The Morgan fingerprint density at radius 2 is 1.41 bits per heavy atom. The van der Waals surface area contributed by atoms with Crippen LogP contribution < -0.4 is 0 Å². The molecule has 29 heavy (non-hydrogen) atoms. The summed E-state index contributed by atoms with van der Waals surface area (Å²) in [4.78, 5) is 34.3. The number of Topliss-reactive ketones (excluding diaryl/α,β-unsaturated/α-hetero) is 1. The summed E-state index contributed by atoms with van der Waals surface area (Å²) in [6.07, 6.45) is 11.3. The molecule has 0 aromatic rings. The Labute approximate surface area is 174 Å². The molecule has 1 saturated heterocycles. The Balaban J connectivity index is 1.92. The number of rotatable bonds is 17. The molecular weight excluding hydrogens is 376 g/mol. The number of unbranched alkanes of at least 4 members (excludes halogenated alkanes) is 12. The Morgan fingerprint density at radius 1 is 0.931 bits per heavy atom. The van der Waals surface area contributed by atoms with Crippen LogP contribution in [0.1, 0.15) is 96.8 Å². The van der Waals surface area contributed by atoms with Gasteiger partial charge in [-0.25, -0.2) is 4.79 Å². The number of hydrogen-bond acceptors (Lipinski definition) is 7. The van der Waals surface area contributed by atoms with Crippen molar-refractivity contribution in [1.82, 2.24) is 0 Å². The van der Waals surface area contributed by atoms with Gasteiger partial charge < -0.3 is 19.7 Å². The molecule has 0 aromatic heterocycles. The second kappa shape index (κ2) is 15.4. The van der Waals surface area contributed by atoms with Gasteiger partial charge in [-0.05, 0) is 6.42 Å². The van der Waals surface area contributed by atoms with E-state index < -0.39 is 42.6 Å². The topological polar surface area (TPSA) is 110 Å². The number of aliphatic hydroxyl groups is 2. The molecule has 0 bridgehead atoms. The maximum absolute atomic E-state index is 11.7. The van der Waals surface area contributed by atoms with Gasteiger partial charge >= 0.3 is 11.9 Å². The van der Waals surface area contributed by atoms with Gasteiger partial charge in [-0.3, -0.25) is 9.59 Å². The molecule has 0 aromatic carbocycles. The van der Waals surface area contributed by atoms with E-state index in [1.54, 1.807) is 0 Å². The van der Waals surface area contributed by atoms with Crippen LogP contribution in [-0.2, 0) is 23.9 Å². The normalized spacial score (nSPS) is 20.0. The van der Waals surface area contributed by atoms with Crippen molar-refractivity contribution in [3.05, 3.63) is 0 Å². The molecule has 1 aliphatic heterocycles. The largest absolute Gasteiger partial charge is 0.463 e. The van der Waals surface area contributed by atoms with Crippen LogP contribution in [0, 0.1) is 0 Å². The zero-order chi connectivity index (χ0) is 21.5. The van der Waals surface area contributed by atoms with Crippen molar-refractivity contribution in [2.45, 2.75) is 115 Å². The van der Waals surface area contributed by atoms with E-state index in [2.05, 4.69) is 11.7 Å². The predicted octanol–water partition coefficient (Wildman–Crippen LogP) is 3.23. The summed E-state index contributed by atoms with van der Waals surface area (Å²) in [7, 11) is 0. The summed E-state index contributed by atoms with van der Waals surface area (Å²) in [6, 6.07) is 0. The molecule has 0 amide bonds. The third kappa shape index (κ3) is 10.8. The molecule has 1 rings (SSSR count). The van der Waals surface area contributed by atoms with E-state index in [0.717, 1.165) is 19.3 Å². The number of hydrogen-bond donors (Lipinski definition) is 2. The molecule has 2 N–H and O–H groups in total. The second-order valence-electron chi connectivity index (χ2n) is 7.91. The van der Waals surface area contributed by atoms with Crippen LogP contribution in [0.5, 0.6) is 0 Å². The van der Waals surface area contributed by atoms with Crippen molar-refractivity contribution in [3.63, 3.8) is 0 Å². The van der Waals surface area contributed by atoms with Gasteiger partial charge in [0.05, 0.1) is 0 Å². The average molecular weight is 415 g/mol. The Bertz CT molecular complexity index is 492. The van der Waals surface area contributed by atoms with Crippen LogP contribution in [0.25, 0.3) is 0 Å². The molecule has 0 radical (unpaired) electrons. The minimum atomic E-state index is -1.86. The monoisotopic (exact) mass is 414 g/mol. The number of carbonyl (C=O) groups is 3. The van der Waals surface area contributed by atoms with Gasteiger partial charge in [0.25, 0.3) is 0 Å². The zero-order valence-electron chi connectivity index (χ0n) is 17.8. The number of ketones is 1. The molecule has 3 atom stereocenters. The molecule has 0 spiro atoms. The Morgan fingerprint density at radius 3 is 1.86 bits per heavy atom. The van der Waals surface area contributed by atoms with Crippen LogP contribution in [-0.4, -0.2) is 52.9 Å². The maximum Gasteiger partial charge on any atom is 0.343 e. The fourth-order valence-electron chi connectivity index (χ4n) is 3.41. The van der Waals surface area contributed by atoms with Crippen LogP contribution in [0.15, 0.2) is 0 Å². The lowest BCUT2D eigenvalue weighted by molar-refractivity contribution is -0.156. The molecular formula is C22H38O7. The SMILES string of the molecule is CCCCCCCCCCCCCCCC(=O)OC[C@@H](O)[C@H]1OC(=O)C(O)C1=O. The van der Waals surface area contributed by atoms with Crippen molar-refractivity contribution in [2.75, 3.05) is 6.61 Å². The molecule has 7 nitrogen and oxygen atoms in total. The fraction of sp³-hybridized carbons (Fsp3) is 0.864. The summed E-state index contributed by atoms with van der Waals surface area (Å²) in [5.74, 6) is -2.45.